The van der Waals surface area contributed by atoms with E-state index in [9.17, 15) is 14.9 Å². The van der Waals surface area contributed by atoms with E-state index in [2.05, 4.69) is 16.7 Å². The number of rotatable bonds is 6. The van der Waals surface area contributed by atoms with Crippen LogP contribution in [0.1, 0.15) is 65.7 Å². The molecule has 1 atom stereocenters. The molecule has 0 saturated heterocycles. The van der Waals surface area contributed by atoms with Crippen LogP contribution in [0.5, 0.6) is 0 Å². The monoisotopic (exact) mass is 427 g/mol. The second kappa shape index (κ2) is 9.05. The Labute approximate surface area is 182 Å². The smallest absolute Gasteiger partial charge is 0.340 e. The lowest BCUT2D eigenvalue weighted by molar-refractivity contribution is -0.143. The molecule has 1 aliphatic rings. The van der Waals surface area contributed by atoms with Crippen LogP contribution in [0.2, 0.25) is 0 Å². The van der Waals surface area contributed by atoms with Crippen molar-refractivity contribution in [2.45, 2.75) is 71.1 Å². The number of aryl methyl sites for hydroxylation is 1. The normalized spacial score (nSPS) is 16.5. The van der Waals surface area contributed by atoms with Crippen molar-refractivity contribution in [3.63, 3.8) is 0 Å². The largest absolute Gasteiger partial charge is 0.449 e. The molecule has 1 fully saturated rings. The molecule has 3 rings (SSSR count). The van der Waals surface area contributed by atoms with Crippen LogP contribution in [0.15, 0.2) is 23.6 Å². The highest BCUT2D eigenvalue weighted by Crippen LogP contribution is 2.33. The number of nitriles is 1. The van der Waals surface area contributed by atoms with E-state index in [1.54, 1.807) is 25.3 Å². The molecule has 2 aromatic heterocycles. The third-order valence-electron chi connectivity index (χ3n) is 6.18. The van der Waals surface area contributed by atoms with Gasteiger partial charge in [0.25, 0.3) is 5.91 Å². The van der Waals surface area contributed by atoms with Gasteiger partial charge in [-0.3, -0.25) is 4.79 Å². The van der Waals surface area contributed by atoms with E-state index in [1.807, 2.05) is 31.4 Å². The fourth-order valence-corrected chi connectivity index (χ4v) is 4.92. The minimum Gasteiger partial charge on any atom is -0.449 e. The summed E-state index contributed by atoms with van der Waals surface area (Å²) in [5, 5.41) is 11.8. The Morgan fingerprint density at radius 3 is 2.63 bits per heavy atom. The summed E-state index contributed by atoms with van der Waals surface area (Å²) < 4.78 is 7.61. The summed E-state index contributed by atoms with van der Waals surface area (Å²) in [5.41, 5.74) is 1.46. The number of likely N-dealkylation sites (N-methyl/N-ethyl adjacent to an activating group) is 1. The number of hydrogen-bond donors (Lipinski definition) is 0. The molecule has 0 aromatic carbocycles. The van der Waals surface area contributed by atoms with Gasteiger partial charge in [0.05, 0.1) is 18.2 Å². The Balaban J connectivity index is 1.71. The average Bonchev–Trinajstić information content (AvgIpc) is 3.36. The molecule has 7 heteroatoms. The van der Waals surface area contributed by atoms with Crippen LogP contribution in [0.4, 0.5) is 0 Å². The van der Waals surface area contributed by atoms with Crippen LogP contribution < -0.4 is 0 Å². The van der Waals surface area contributed by atoms with E-state index in [-0.39, 0.29) is 5.91 Å². The summed E-state index contributed by atoms with van der Waals surface area (Å²) in [4.78, 5) is 28.5. The predicted octanol–water partition coefficient (Wildman–Crippen LogP) is 4.44. The van der Waals surface area contributed by atoms with E-state index >= 15 is 0 Å². The molecule has 30 heavy (non-hydrogen) atoms. The number of aromatic nitrogens is 1. The number of carbonyl (C=O) groups is 2. The van der Waals surface area contributed by atoms with Crippen LogP contribution in [0.3, 0.4) is 0 Å². The van der Waals surface area contributed by atoms with Crippen molar-refractivity contribution in [3.8, 4) is 6.07 Å². The van der Waals surface area contributed by atoms with E-state index in [0.717, 1.165) is 30.7 Å². The molecule has 6 nitrogen and oxygen atoms in total. The third kappa shape index (κ3) is 4.29. The summed E-state index contributed by atoms with van der Waals surface area (Å²) in [6, 6.07) is 8.22. The third-order valence-corrected chi connectivity index (χ3v) is 7.04. The Hall–Kier alpha value is -2.59. The van der Waals surface area contributed by atoms with E-state index in [1.165, 1.54) is 9.78 Å². The lowest BCUT2D eigenvalue weighted by Gasteiger charge is -2.39. The second-order valence-corrected chi connectivity index (χ2v) is 9.13. The number of esters is 1. The molecule has 1 aliphatic carbocycles. The first-order valence-corrected chi connectivity index (χ1v) is 11.3. The van der Waals surface area contributed by atoms with E-state index < -0.39 is 17.6 Å². The van der Waals surface area contributed by atoms with Crippen LogP contribution in [0.25, 0.3) is 0 Å². The van der Waals surface area contributed by atoms with Gasteiger partial charge in [0.15, 0.2) is 6.10 Å². The Kier molecular flexibility index (Phi) is 6.67. The van der Waals surface area contributed by atoms with Crippen LogP contribution in [0, 0.1) is 25.2 Å². The molecule has 0 N–H and O–H groups in total. The van der Waals surface area contributed by atoms with Gasteiger partial charge in [-0.2, -0.15) is 5.26 Å². The average molecular weight is 428 g/mol. The number of carbonyl (C=O) groups excluding carboxylic acids is 2. The first-order valence-electron chi connectivity index (χ1n) is 10.4. The molecule has 1 amide bonds. The van der Waals surface area contributed by atoms with Gasteiger partial charge in [-0.25, -0.2) is 4.79 Å². The standard InChI is InChI=1S/C23H29N3O3S/c1-16-13-20(17(2)26(16)14-19-9-8-12-30-19)22(28)29-18(3)21(27)25(4)23(15-24)10-6-5-7-11-23/h8-9,12-13,18H,5-7,10-11,14H2,1-4H3/t18-/m1/s1. The molecule has 2 aromatic rings. The molecule has 0 spiro atoms. The lowest BCUT2D eigenvalue weighted by atomic mass is 9.81. The number of ether oxygens (including phenoxy) is 1. The van der Waals surface area contributed by atoms with Gasteiger partial charge >= 0.3 is 5.97 Å². The molecule has 2 heterocycles. The van der Waals surface area contributed by atoms with Gasteiger partial charge in [0, 0.05) is 23.3 Å². The molecule has 0 radical (unpaired) electrons. The maximum atomic E-state index is 12.9. The fourth-order valence-electron chi connectivity index (χ4n) is 4.23. The summed E-state index contributed by atoms with van der Waals surface area (Å²) >= 11 is 1.67. The van der Waals surface area contributed by atoms with Gasteiger partial charge in [-0.15, -0.1) is 11.3 Å². The van der Waals surface area contributed by atoms with Gasteiger partial charge in [-0.1, -0.05) is 25.3 Å². The fraction of sp³-hybridized carbons (Fsp3) is 0.522. The number of thiophene rings is 1. The summed E-state index contributed by atoms with van der Waals surface area (Å²) in [7, 11) is 1.65. The Morgan fingerprint density at radius 2 is 2.03 bits per heavy atom. The molecule has 0 unspecified atom stereocenters. The second-order valence-electron chi connectivity index (χ2n) is 8.10. The quantitative estimate of drug-likeness (QED) is 0.639. The first kappa shape index (κ1) is 22.1. The van der Waals surface area contributed by atoms with Crippen molar-refractivity contribution in [2.24, 2.45) is 0 Å². The Bertz CT molecular complexity index is 949. The Morgan fingerprint density at radius 1 is 1.33 bits per heavy atom. The topological polar surface area (TPSA) is 75.3 Å². The maximum Gasteiger partial charge on any atom is 0.340 e. The van der Waals surface area contributed by atoms with Crippen molar-refractivity contribution >= 4 is 23.2 Å². The minimum absolute atomic E-state index is 0.334. The van der Waals surface area contributed by atoms with Crippen molar-refractivity contribution < 1.29 is 14.3 Å². The van der Waals surface area contributed by atoms with Gasteiger partial charge in [0.1, 0.15) is 5.54 Å². The summed E-state index contributed by atoms with van der Waals surface area (Å²) in [6.07, 6.45) is 3.31. The van der Waals surface area contributed by atoms with Crippen molar-refractivity contribution in [2.75, 3.05) is 7.05 Å². The molecule has 1 saturated carbocycles. The predicted molar refractivity (Wildman–Crippen MR) is 116 cm³/mol. The highest BCUT2D eigenvalue weighted by molar-refractivity contribution is 7.09. The number of nitrogens with zero attached hydrogens (tertiary/aromatic N) is 3. The molecular formula is C23H29N3O3S. The molecule has 0 aliphatic heterocycles. The van der Waals surface area contributed by atoms with Crippen molar-refractivity contribution in [3.05, 3.63) is 45.4 Å². The van der Waals surface area contributed by atoms with E-state index in [4.69, 9.17) is 4.74 Å². The molecular weight excluding hydrogens is 398 g/mol. The van der Waals surface area contributed by atoms with Gasteiger partial charge < -0.3 is 14.2 Å². The highest BCUT2D eigenvalue weighted by atomic mass is 32.1. The van der Waals surface area contributed by atoms with Gasteiger partial charge in [0.2, 0.25) is 0 Å². The van der Waals surface area contributed by atoms with Crippen LogP contribution in [-0.2, 0) is 16.1 Å². The van der Waals surface area contributed by atoms with Crippen LogP contribution in [-0.4, -0.2) is 40.0 Å². The lowest BCUT2D eigenvalue weighted by Crippen LogP contribution is -2.53. The zero-order valence-electron chi connectivity index (χ0n) is 18.1. The summed E-state index contributed by atoms with van der Waals surface area (Å²) in [5.74, 6) is -0.844. The molecule has 0 bridgehead atoms. The van der Waals surface area contributed by atoms with Gasteiger partial charge in [-0.05, 0) is 51.1 Å². The minimum atomic E-state index is -0.949. The number of amides is 1. The summed E-state index contributed by atoms with van der Waals surface area (Å²) in [6.45, 7) is 6.13. The van der Waals surface area contributed by atoms with Crippen LogP contribution >= 0.6 is 11.3 Å². The van der Waals surface area contributed by atoms with Crippen molar-refractivity contribution in [1.29, 1.82) is 5.26 Å². The van der Waals surface area contributed by atoms with Crippen molar-refractivity contribution in [1.82, 2.24) is 9.47 Å². The molecule has 160 valence electrons. The zero-order chi connectivity index (χ0) is 21.9. The highest BCUT2D eigenvalue weighted by Gasteiger charge is 2.41. The zero-order valence-corrected chi connectivity index (χ0v) is 18.9. The first-order chi connectivity index (χ1) is 14.3. The number of hydrogen-bond acceptors (Lipinski definition) is 5. The SMILES string of the molecule is Cc1cc(C(=O)O[C@H](C)C(=O)N(C)C2(C#N)CCCCC2)c(C)n1Cc1cccs1. The van der Waals surface area contributed by atoms with E-state index in [0.29, 0.717) is 24.9 Å². The maximum absolute atomic E-state index is 12.9.